The van der Waals surface area contributed by atoms with Crippen LogP contribution in [0.15, 0.2) is 18.2 Å². The SMILES string of the molecule is COc1cccc(Cl)c1CNS(=O)(=O)CCNC(C)C. The molecule has 0 aliphatic heterocycles. The first-order chi connectivity index (χ1) is 9.35. The van der Waals surface area contributed by atoms with Crippen molar-refractivity contribution in [2.24, 2.45) is 0 Å². The normalized spacial score (nSPS) is 11.8. The van der Waals surface area contributed by atoms with Gasteiger partial charge in [0.2, 0.25) is 10.0 Å². The summed E-state index contributed by atoms with van der Waals surface area (Å²) in [5.41, 5.74) is 0.636. The molecule has 1 aromatic carbocycles. The lowest BCUT2D eigenvalue weighted by Gasteiger charge is -2.12. The molecule has 0 heterocycles. The first-order valence-corrected chi connectivity index (χ1v) is 8.41. The molecule has 0 spiro atoms. The van der Waals surface area contributed by atoms with Crippen molar-refractivity contribution in [3.8, 4) is 5.75 Å². The van der Waals surface area contributed by atoms with Crippen LogP contribution in [-0.4, -0.2) is 33.9 Å². The summed E-state index contributed by atoms with van der Waals surface area (Å²) in [7, 11) is -1.82. The van der Waals surface area contributed by atoms with Gasteiger partial charge < -0.3 is 10.1 Å². The molecular weight excluding hydrogens is 300 g/mol. The number of hydrogen-bond acceptors (Lipinski definition) is 4. The summed E-state index contributed by atoms with van der Waals surface area (Å²) in [4.78, 5) is 0. The zero-order valence-corrected chi connectivity index (χ0v) is 13.5. The van der Waals surface area contributed by atoms with E-state index in [1.165, 1.54) is 7.11 Å². The number of rotatable bonds is 8. The molecule has 0 saturated carbocycles. The highest BCUT2D eigenvalue weighted by molar-refractivity contribution is 7.89. The van der Waals surface area contributed by atoms with E-state index in [4.69, 9.17) is 16.3 Å². The van der Waals surface area contributed by atoms with Gasteiger partial charge in [0.1, 0.15) is 5.75 Å². The zero-order chi connectivity index (χ0) is 15.2. The van der Waals surface area contributed by atoms with Gasteiger partial charge in [-0.05, 0) is 12.1 Å². The van der Waals surface area contributed by atoms with Crippen molar-refractivity contribution >= 4 is 21.6 Å². The monoisotopic (exact) mass is 320 g/mol. The van der Waals surface area contributed by atoms with Gasteiger partial charge in [-0.2, -0.15) is 0 Å². The zero-order valence-electron chi connectivity index (χ0n) is 11.9. The maximum Gasteiger partial charge on any atom is 0.213 e. The van der Waals surface area contributed by atoms with Crippen LogP contribution in [0, 0.1) is 0 Å². The lowest BCUT2D eigenvalue weighted by atomic mass is 10.2. The molecule has 114 valence electrons. The van der Waals surface area contributed by atoms with Crippen LogP contribution in [0.3, 0.4) is 0 Å². The predicted molar refractivity (Wildman–Crippen MR) is 81.8 cm³/mol. The Kier molecular flexibility index (Phi) is 6.75. The van der Waals surface area contributed by atoms with Crippen LogP contribution in [0.1, 0.15) is 19.4 Å². The lowest BCUT2D eigenvalue weighted by Crippen LogP contribution is -2.34. The first-order valence-electron chi connectivity index (χ1n) is 6.38. The Balaban J connectivity index is 2.62. The van der Waals surface area contributed by atoms with Crippen molar-refractivity contribution in [3.05, 3.63) is 28.8 Å². The molecule has 0 radical (unpaired) electrons. The maximum atomic E-state index is 11.9. The highest BCUT2D eigenvalue weighted by Crippen LogP contribution is 2.25. The van der Waals surface area contributed by atoms with Crippen molar-refractivity contribution in [2.45, 2.75) is 26.4 Å². The van der Waals surface area contributed by atoms with Crippen LogP contribution in [0.25, 0.3) is 0 Å². The third-order valence-corrected chi connectivity index (χ3v) is 4.37. The van der Waals surface area contributed by atoms with Gasteiger partial charge in [0.25, 0.3) is 0 Å². The van der Waals surface area contributed by atoms with E-state index in [0.29, 0.717) is 22.9 Å². The van der Waals surface area contributed by atoms with E-state index in [0.717, 1.165) is 0 Å². The lowest BCUT2D eigenvalue weighted by molar-refractivity contribution is 0.409. The summed E-state index contributed by atoms with van der Waals surface area (Å²) in [6.07, 6.45) is 0. The smallest absolute Gasteiger partial charge is 0.213 e. The van der Waals surface area contributed by atoms with Crippen LogP contribution < -0.4 is 14.8 Å². The molecule has 0 saturated heterocycles. The maximum absolute atomic E-state index is 11.9. The molecule has 0 aromatic heterocycles. The molecule has 7 heteroatoms. The molecule has 1 rings (SSSR count). The van der Waals surface area contributed by atoms with E-state index in [-0.39, 0.29) is 18.3 Å². The van der Waals surface area contributed by atoms with Crippen LogP contribution in [0.2, 0.25) is 5.02 Å². The summed E-state index contributed by atoms with van der Waals surface area (Å²) in [6.45, 7) is 4.46. The molecule has 0 bridgehead atoms. The van der Waals surface area contributed by atoms with E-state index >= 15 is 0 Å². The number of benzene rings is 1. The van der Waals surface area contributed by atoms with E-state index in [1.807, 2.05) is 13.8 Å². The average Bonchev–Trinajstić information content (AvgIpc) is 2.36. The average molecular weight is 321 g/mol. The third kappa shape index (κ3) is 5.66. The van der Waals surface area contributed by atoms with Gasteiger partial charge in [0.05, 0.1) is 12.9 Å². The second kappa shape index (κ2) is 7.83. The Morgan fingerprint density at radius 3 is 2.65 bits per heavy atom. The second-order valence-corrected chi connectivity index (χ2v) is 7.00. The van der Waals surface area contributed by atoms with Crippen LogP contribution in [0.4, 0.5) is 0 Å². The number of ether oxygens (including phenoxy) is 1. The van der Waals surface area contributed by atoms with Crippen LogP contribution in [-0.2, 0) is 16.6 Å². The largest absolute Gasteiger partial charge is 0.496 e. The number of methoxy groups -OCH3 is 1. The van der Waals surface area contributed by atoms with Crippen molar-refractivity contribution in [1.29, 1.82) is 0 Å². The number of halogens is 1. The topological polar surface area (TPSA) is 67.4 Å². The number of sulfonamides is 1. The van der Waals surface area contributed by atoms with Gasteiger partial charge in [-0.25, -0.2) is 13.1 Å². The van der Waals surface area contributed by atoms with Gasteiger partial charge in [-0.1, -0.05) is 31.5 Å². The van der Waals surface area contributed by atoms with Gasteiger partial charge in [-0.15, -0.1) is 0 Å². The van der Waals surface area contributed by atoms with Crippen molar-refractivity contribution in [3.63, 3.8) is 0 Å². The molecular formula is C13H21ClN2O3S. The Morgan fingerprint density at radius 2 is 2.05 bits per heavy atom. The summed E-state index contributed by atoms with van der Waals surface area (Å²) in [5.74, 6) is 0.596. The Morgan fingerprint density at radius 1 is 1.35 bits per heavy atom. The van der Waals surface area contributed by atoms with Crippen molar-refractivity contribution in [2.75, 3.05) is 19.4 Å². The molecule has 5 nitrogen and oxygen atoms in total. The standard InChI is InChI=1S/C13H21ClN2O3S/c1-10(2)15-7-8-20(17,18)16-9-11-12(14)5-4-6-13(11)19-3/h4-6,10,15-16H,7-9H2,1-3H3. The van der Waals surface area contributed by atoms with E-state index in [9.17, 15) is 8.42 Å². The molecule has 0 fully saturated rings. The number of nitrogens with one attached hydrogen (secondary N) is 2. The van der Waals surface area contributed by atoms with E-state index in [2.05, 4.69) is 10.0 Å². The third-order valence-electron chi connectivity index (χ3n) is 2.69. The Bertz CT molecular complexity index is 532. The van der Waals surface area contributed by atoms with E-state index in [1.54, 1.807) is 18.2 Å². The molecule has 2 N–H and O–H groups in total. The summed E-state index contributed by atoms with van der Waals surface area (Å²) < 4.78 is 31.4. The van der Waals surface area contributed by atoms with Crippen molar-refractivity contribution in [1.82, 2.24) is 10.0 Å². The van der Waals surface area contributed by atoms with Gasteiger partial charge in [0, 0.05) is 29.7 Å². The Labute approximate surface area is 125 Å². The molecule has 1 aromatic rings. The summed E-state index contributed by atoms with van der Waals surface area (Å²) in [5, 5.41) is 3.54. The molecule has 0 unspecified atom stereocenters. The quantitative estimate of drug-likeness (QED) is 0.766. The van der Waals surface area contributed by atoms with Gasteiger partial charge in [-0.3, -0.25) is 0 Å². The summed E-state index contributed by atoms with van der Waals surface area (Å²) in [6, 6.07) is 5.46. The second-order valence-electron chi connectivity index (χ2n) is 4.67. The minimum absolute atomic E-state index is 0.0257. The fourth-order valence-electron chi connectivity index (χ4n) is 1.64. The predicted octanol–water partition coefficient (Wildman–Crippen LogP) is 1.77. The highest BCUT2D eigenvalue weighted by atomic mass is 35.5. The molecule has 0 amide bonds. The first kappa shape index (κ1) is 17.2. The minimum atomic E-state index is -3.34. The van der Waals surface area contributed by atoms with Crippen LogP contribution in [0.5, 0.6) is 5.75 Å². The molecule has 0 aliphatic rings. The highest BCUT2D eigenvalue weighted by Gasteiger charge is 2.13. The fraction of sp³-hybridized carbons (Fsp3) is 0.538. The number of hydrogen-bond donors (Lipinski definition) is 2. The van der Waals surface area contributed by atoms with Crippen LogP contribution >= 0.6 is 11.6 Å². The fourth-order valence-corrected chi connectivity index (χ4v) is 2.77. The van der Waals surface area contributed by atoms with Gasteiger partial charge in [0.15, 0.2) is 0 Å². The summed E-state index contributed by atoms with van der Waals surface area (Å²) >= 11 is 6.06. The molecule has 0 atom stereocenters. The van der Waals surface area contributed by atoms with Gasteiger partial charge >= 0.3 is 0 Å². The van der Waals surface area contributed by atoms with E-state index < -0.39 is 10.0 Å². The molecule has 0 aliphatic carbocycles. The molecule has 20 heavy (non-hydrogen) atoms. The van der Waals surface area contributed by atoms with Crippen molar-refractivity contribution < 1.29 is 13.2 Å². The minimum Gasteiger partial charge on any atom is -0.496 e. The Hall–Kier alpha value is -0.820.